The van der Waals surface area contributed by atoms with Gasteiger partial charge in [0.25, 0.3) is 0 Å². The maximum Gasteiger partial charge on any atom is 0.0964 e. The van der Waals surface area contributed by atoms with Gasteiger partial charge in [-0.3, -0.25) is 0 Å². The second-order valence-electron chi connectivity index (χ2n) is 5.21. The Hall–Kier alpha value is -1.96. The Bertz CT molecular complexity index is 575. The first kappa shape index (κ1) is 12.1. The number of anilines is 2. The van der Waals surface area contributed by atoms with Crippen molar-refractivity contribution in [2.75, 3.05) is 10.6 Å². The summed E-state index contributed by atoms with van der Waals surface area (Å²) in [5.41, 5.74) is 6.36. The summed E-state index contributed by atoms with van der Waals surface area (Å²) in [7, 11) is 0. The molecule has 1 unspecified atom stereocenters. The largest absolute Gasteiger partial charge is 0.364 e. The molecular weight excluding hydrogens is 232 g/mol. The molecule has 0 aromatic heterocycles. The zero-order valence-electron chi connectivity index (χ0n) is 11.5. The van der Waals surface area contributed by atoms with Crippen LogP contribution in [0.5, 0.6) is 0 Å². The van der Waals surface area contributed by atoms with E-state index in [0.717, 1.165) is 6.42 Å². The van der Waals surface area contributed by atoms with Crippen molar-refractivity contribution in [1.29, 1.82) is 0 Å². The number of benzene rings is 2. The van der Waals surface area contributed by atoms with E-state index in [4.69, 9.17) is 0 Å². The number of fused-ring (bicyclic) bond motifs is 1. The van der Waals surface area contributed by atoms with E-state index in [9.17, 15) is 0 Å². The van der Waals surface area contributed by atoms with Gasteiger partial charge in [0, 0.05) is 0 Å². The topological polar surface area (TPSA) is 24.1 Å². The van der Waals surface area contributed by atoms with Crippen molar-refractivity contribution in [3.8, 4) is 11.1 Å². The van der Waals surface area contributed by atoms with Crippen molar-refractivity contribution < 1.29 is 0 Å². The third-order valence-corrected chi connectivity index (χ3v) is 3.67. The molecule has 1 heterocycles. The van der Waals surface area contributed by atoms with E-state index < -0.39 is 0 Å². The molecule has 0 bridgehead atoms. The standard InChI is InChI=1S/C17H20N2/c1-3-7-16-18-15-11-14(10-12(2)17(15)19-16)13-8-5-4-6-9-13/h4-6,8-11,16,18-19H,3,7H2,1-2H3. The van der Waals surface area contributed by atoms with Crippen molar-refractivity contribution >= 4 is 11.4 Å². The maximum atomic E-state index is 3.58. The Kier molecular flexibility index (Phi) is 3.16. The molecule has 19 heavy (non-hydrogen) atoms. The van der Waals surface area contributed by atoms with Gasteiger partial charge in [0.1, 0.15) is 0 Å². The van der Waals surface area contributed by atoms with Crippen LogP contribution in [-0.2, 0) is 0 Å². The van der Waals surface area contributed by atoms with E-state index in [1.807, 2.05) is 0 Å². The summed E-state index contributed by atoms with van der Waals surface area (Å²) in [6, 6.07) is 15.1. The molecule has 2 aromatic rings. The van der Waals surface area contributed by atoms with E-state index in [0.29, 0.717) is 6.17 Å². The predicted molar refractivity (Wildman–Crippen MR) is 82.6 cm³/mol. The normalized spacial score (nSPS) is 16.6. The predicted octanol–water partition coefficient (Wildman–Crippen LogP) is 4.63. The van der Waals surface area contributed by atoms with Crippen LogP contribution in [-0.4, -0.2) is 6.17 Å². The molecule has 0 amide bonds. The monoisotopic (exact) mass is 252 g/mol. The molecule has 0 aliphatic carbocycles. The highest BCUT2D eigenvalue weighted by Crippen LogP contribution is 2.37. The highest BCUT2D eigenvalue weighted by molar-refractivity contribution is 5.83. The first-order valence-electron chi connectivity index (χ1n) is 7.01. The Morgan fingerprint density at radius 1 is 1.00 bits per heavy atom. The summed E-state index contributed by atoms with van der Waals surface area (Å²) >= 11 is 0. The van der Waals surface area contributed by atoms with Crippen LogP contribution in [0.4, 0.5) is 11.4 Å². The molecule has 1 atom stereocenters. The quantitative estimate of drug-likeness (QED) is 0.832. The molecule has 2 aromatic carbocycles. The lowest BCUT2D eigenvalue weighted by molar-refractivity contribution is 0.717. The molecule has 2 nitrogen and oxygen atoms in total. The van der Waals surface area contributed by atoms with Gasteiger partial charge in [0.2, 0.25) is 0 Å². The van der Waals surface area contributed by atoms with Crippen LogP contribution in [0.3, 0.4) is 0 Å². The van der Waals surface area contributed by atoms with Gasteiger partial charge in [-0.15, -0.1) is 0 Å². The van der Waals surface area contributed by atoms with Gasteiger partial charge < -0.3 is 10.6 Å². The highest BCUT2D eigenvalue weighted by Gasteiger charge is 2.20. The van der Waals surface area contributed by atoms with Crippen LogP contribution in [0.15, 0.2) is 42.5 Å². The second-order valence-corrected chi connectivity index (χ2v) is 5.21. The van der Waals surface area contributed by atoms with Crippen LogP contribution in [0.25, 0.3) is 11.1 Å². The van der Waals surface area contributed by atoms with Crippen LogP contribution >= 0.6 is 0 Å². The van der Waals surface area contributed by atoms with E-state index >= 15 is 0 Å². The first-order chi connectivity index (χ1) is 9.28. The lowest BCUT2D eigenvalue weighted by Gasteiger charge is -2.10. The molecule has 2 heteroatoms. The number of nitrogens with one attached hydrogen (secondary N) is 2. The molecule has 1 aliphatic heterocycles. The van der Waals surface area contributed by atoms with Crippen molar-refractivity contribution in [2.24, 2.45) is 0 Å². The molecule has 2 N–H and O–H groups in total. The molecule has 0 spiro atoms. The molecule has 98 valence electrons. The summed E-state index contributed by atoms with van der Waals surface area (Å²) in [4.78, 5) is 0. The second kappa shape index (κ2) is 4.96. The smallest absolute Gasteiger partial charge is 0.0964 e. The minimum atomic E-state index is 0.379. The van der Waals surface area contributed by atoms with Gasteiger partial charge >= 0.3 is 0 Å². The van der Waals surface area contributed by atoms with Crippen molar-refractivity contribution in [3.05, 3.63) is 48.0 Å². The third kappa shape index (κ3) is 2.30. The van der Waals surface area contributed by atoms with E-state index in [1.165, 1.54) is 34.5 Å². The van der Waals surface area contributed by atoms with Gasteiger partial charge in [-0.05, 0) is 42.2 Å². The first-order valence-corrected chi connectivity index (χ1v) is 7.01. The highest BCUT2D eigenvalue weighted by atomic mass is 15.2. The summed E-state index contributed by atoms with van der Waals surface area (Å²) in [6.45, 7) is 4.39. The molecule has 0 radical (unpaired) electrons. The summed E-state index contributed by atoms with van der Waals surface area (Å²) in [6.07, 6.45) is 2.71. The molecule has 1 aliphatic rings. The van der Waals surface area contributed by atoms with Crippen molar-refractivity contribution in [3.63, 3.8) is 0 Å². The van der Waals surface area contributed by atoms with Crippen molar-refractivity contribution in [2.45, 2.75) is 32.9 Å². The number of rotatable bonds is 3. The number of hydrogen-bond acceptors (Lipinski definition) is 2. The van der Waals surface area contributed by atoms with Crippen LogP contribution in [0, 0.1) is 6.92 Å². The molecule has 0 saturated carbocycles. The Morgan fingerprint density at radius 3 is 2.53 bits per heavy atom. The van der Waals surface area contributed by atoms with Gasteiger partial charge in [-0.25, -0.2) is 0 Å². The van der Waals surface area contributed by atoms with Crippen molar-refractivity contribution in [1.82, 2.24) is 0 Å². The van der Waals surface area contributed by atoms with E-state index in [1.54, 1.807) is 0 Å². The Morgan fingerprint density at radius 2 is 1.79 bits per heavy atom. The summed E-state index contributed by atoms with van der Waals surface area (Å²) in [5.74, 6) is 0. The maximum absolute atomic E-state index is 3.58. The molecular formula is C17H20N2. The van der Waals surface area contributed by atoms with Gasteiger partial charge in [0.15, 0.2) is 0 Å². The van der Waals surface area contributed by atoms with Gasteiger partial charge in [0.05, 0.1) is 17.5 Å². The average molecular weight is 252 g/mol. The van der Waals surface area contributed by atoms with Crippen LogP contribution < -0.4 is 10.6 Å². The number of aryl methyl sites for hydroxylation is 1. The fraction of sp³-hybridized carbons (Fsp3) is 0.294. The summed E-state index contributed by atoms with van der Waals surface area (Å²) in [5, 5.41) is 7.15. The number of hydrogen-bond donors (Lipinski definition) is 2. The zero-order chi connectivity index (χ0) is 13.2. The fourth-order valence-corrected chi connectivity index (χ4v) is 2.72. The van der Waals surface area contributed by atoms with E-state index in [-0.39, 0.29) is 0 Å². The zero-order valence-corrected chi connectivity index (χ0v) is 11.5. The molecule has 0 saturated heterocycles. The van der Waals surface area contributed by atoms with Gasteiger partial charge in [-0.1, -0.05) is 43.7 Å². The Balaban J connectivity index is 1.96. The van der Waals surface area contributed by atoms with E-state index in [2.05, 4.69) is 66.9 Å². The Labute approximate surface area is 114 Å². The molecule has 3 rings (SSSR count). The van der Waals surface area contributed by atoms with Crippen LogP contribution in [0.1, 0.15) is 25.3 Å². The SMILES string of the molecule is CCCC1Nc2cc(-c3ccccc3)cc(C)c2N1. The lowest BCUT2D eigenvalue weighted by Crippen LogP contribution is -2.21. The third-order valence-electron chi connectivity index (χ3n) is 3.67. The van der Waals surface area contributed by atoms with Crippen LogP contribution in [0.2, 0.25) is 0 Å². The lowest BCUT2D eigenvalue weighted by atomic mass is 10.0. The molecule has 0 fully saturated rings. The minimum Gasteiger partial charge on any atom is -0.364 e. The minimum absolute atomic E-state index is 0.379. The average Bonchev–Trinajstić information content (AvgIpc) is 2.83. The van der Waals surface area contributed by atoms with Gasteiger partial charge in [-0.2, -0.15) is 0 Å². The summed E-state index contributed by atoms with van der Waals surface area (Å²) < 4.78 is 0. The fourth-order valence-electron chi connectivity index (χ4n) is 2.72.